The average Bonchev–Trinajstić information content (AvgIpc) is 2.08. The summed E-state index contributed by atoms with van der Waals surface area (Å²) >= 11 is 0. The Bertz CT molecular complexity index is 152. The third-order valence-corrected chi connectivity index (χ3v) is 4.03. The molecule has 0 spiro atoms. The van der Waals surface area contributed by atoms with Crippen LogP contribution in [0.2, 0.25) is 0 Å². The van der Waals surface area contributed by atoms with Gasteiger partial charge in [-0.3, -0.25) is 4.57 Å². The van der Waals surface area contributed by atoms with Gasteiger partial charge in [0.15, 0.2) is 0 Å². The molecule has 7 heteroatoms. The van der Waals surface area contributed by atoms with Crippen molar-refractivity contribution in [2.24, 2.45) is 0 Å². The third-order valence-electron chi connectivity index (χ3n) is 1.47. The molecule has 0 heterocycles. The number of rotatable bonds is 4. The minimum atomic E-state index is -3.15. The molecule has 0 bridgehead atoms. The predicted molar refractivity (Wildman–Crippen MR) is 42.6 cm³/mol. The maximum Gasteiger partial charge on any atom is 0.637 e. The maximum atomic E-state index is 10.5. The quantitative estimate of drug-likeness (QED) is 0.638. The third kappa shape index (κ3) is 1.94. The SMILES string of the molecule is CO[Si](OC)(OC)N(C)C(=O)O. The maximum absolute atomic E-state index is 10.5. The second-order valence-corrected chi connectivity index (χ2v) is 4.92. The van der Waals surface area contributed by atoms with E-state index in [1.807, 2.05) is 0 Å². The number of nitrogens with zero attached hydrogens (tertiary/aromatic N) is 1. The fraction of sp³-hybridized carbons (Fsp3) is 0.800. The van der Waals surface area contributed by atoms with Crippen molar-refractivity contribution >= 4 is 15.1 Å². The molecule has 0 aromatic rings. The van der Waals surface area contributed by atoms with Crippen LogP contribution >= 0.6 is 0 Å². The van der Waals surface area contributed by atoms with E-state index in [2.05, 4.69) is 0 Å². The molecule has 0 aromatic heterocycles. The molecule has 0 aromatic carbocycles. The van der Waals surface area contributed by atoms with Crippen molar-refractivity contribution in [3.63, 3.8) is 0 Å². The van der Waals surface area contributed by atoms with Crippen LogP contribution in [0.1, 0.15) is 0 Å². The summed E-state index contributed by atoms with van der Waals surface area (Å²) in [5, 5.41) is 8.63. The minimum absolute atomic E-state index is 0.910. The first kappa shape index (κ1) is 11.4. The lowest BCUT2D eigenvalue weighted by Crippen LogP contribution is -2.59. The van der Waals surface area contributed by atoms with E-state index in [4.69, 9.17) is 18.4 Å². The normalized spacial score (nSPS) is 11.3. The average molecular weight is 195 g/mol. The highest BCUT2D eigenvalue weighted by molar-refractivity contribution is 6.59. The van der Waals surface area contributed by atoms with Crippen LogP contribution < -0.4 is 0 Å². The monoisotopic (exact) mass is 195 g/mol. The fourth-order valence-electron chi connectivity index (χ4n) is 0.778. The highest BCUT2D eigenvalue weighted by atomic mass is 28.4. The Labute approximate surface area is 72.1 Å². The van der Waals surface area contributed by atoms with E-state index < -0.39 is 15.1 Å². The Kier molecular flexibility index (Phi) is 4.17. The van der Waals surface area contributed by atoms with Gasteiger partial charge in [-0.05, 0) is 0 Å². The number of carbonyl (C=O) groups is 1. The van der Waals surface area contributed by atoms with Crippen molar-refractivity contribution in [2.45, 2.75) is 0 Å². The van der Waals surface area contributed by atoms with Crippen LogP contribution in [-0.2, 0) is 13.3 Å². The first-order valence-electron chi connectivity index (χ1n) is 3.16. The van der Waals surface area contributed by atoms with Crippen LogP contribution in [0.15, 0.2) is 0 Å². The topological polar surface area (TPSA) is 68.2 Å². The van der Waals surface area contributed by atoms with Gasteiger partial charge in [0.05, 0.1) is 0 Å². The number of amides is 1. The van der Waals surface area contributed by atoms with Crippen molar-refractivity contribution in [3.05, 3.63) is 0 Å². The fourth-order valence-corrected chi connectivity index (χ4v) is 2.33. The lowest BCUT2D eigenvalue weighted by Gasteiger charge is -2.29. The van der Waals surface area contributed by atoms with E-state index in [0.717, 1.165) is 4.57 Å². The van der Waals surface area contributed by atoms with Crippen LogP contribution in [0.25, 0.3) is 0 Å². The highest BCUT2D eigenvalue weighted by Crippen LogP contribution is 2.10. The second kappa shape index (κ2) is 4.41. The smallest absolute Gasteiger partial charge is 0.465 e. The Hall–Kier alpha value is -0.633. The summed E-state index contributed by atoms with van der Waals surface area (Å²) in [5.74, 6) is 0. The Morgan fingerprint density at radius 1 is 1.25 bits per heavy atom. The van der Waals surface area contributed by atoms with Gasteiger partial charge in [-0.2, -0.15) is 0 Å². The van der Waals surface area contributed by atoms with Crippen molar-refractivity contribution < 1.29 is 23.2 Å². The zero-order valence-electron chi connectivity index (χ0n) is 7.53. The van der Waals surface area contributed by atoms with Gasteiger partial charge < -0.3 is 18.4 Å². The molecular weight excluding hydrogens is 182 g/mol. The molecule has 6 nitrogen and oxygen atoms in total. The van der Waals surface area contributed by atoms with Crippen LogP contribution in [0.5, 0.6) is 0 Å². The van der Waals surface area contributed by atoms with Crippen LogP contribution in [0, 0.1) is 0 Å². The first-order valence-corrected chi connectivity index (χ1v) is 4.83. The Morgan fingerprint density at radius 3 is 1.67 bits per heavy atom. The first-order chi connectivity index (χ1) is 5.54. The minimum Gasteiger partial charge on any atom is -0.465 e. The lowest BCUT2D eigenvalue weighted by atomic mass is 11.1. The highest BCUT2D eigenvalue weighted by Gasteiger charge is 2.48. The molecule has 0 aliphatic rings. The molecule has 0 rings (SSSR count). The van der Waals surface area contributed by atoms with Crippen molar-refractivity contribution in [2.75, 3.05) is 28.4 Å². The van der Waals surface area contributed by atoms with Gasteiger partial charge in [-0.25, -0.2) is 4.79 Å². The Balaban J connectivity index is 4.58. The molecule has 0 fully saturated rings. The molecule has 0 atom stereocenters. The summed E-state index contributed by atoms with van der Waals surface area (Å²) in [6.07, 6.45) is -1.15. The standard InChI is InChI=1S/C5H13NO5Si/c1-6(5(7)8)12(9-2,10-3)11-4/h1-4H3,(H,7,8). The predicted octanol–water partition coefficient (Wildman–Crippen LogP) is -0.0290. The molecular formula is C5H13NO5Si. The molecule has 0 saturated carbocycles. The summed E-state index contributed by atoms with van der Waals surface area (Å²) in [6, 6.07) is 0. The molecule has 0 unspecified atom stereocenters. The van der Waals surface area contributed by atoms with E-state index in [9.17, 15) is 4.79 Å². The molecule has 72 valence electrons. The van der Waals surface area contributed by atoms with Gasteiger partial charge in [-0.1, -0.05) is 0 Å². The summed E-state index contributed by atoms with van der Waals surface area (Å²) in [6.45, 7) is 0. The zero-order chi connectivity index (χ0) is 9.78. The van der Waals surface area contributed by atoms with E-state index in [1.165, 1.54) is 28.4 Å². The summed E-state index contributed by atoms with van der Waals surface area (Å²) < 4.78 is 15.6. The second-order valence-electron chi connectivity index (χ2n) is 1.98. The van der Waals surface area contributed by atoms with Crippen LogP contribution in [-0.4, -0.2) is 53.1 Å². The van der Waals surface area contributed by atoms with Crippen LogP contribution in [0.3, 0.4) is 0 Å². The van der Waals surface area contributed by atoms with E-state index in [1.54, 1.807) is 0 Å². The Morgan fingerprint density at radius 2 is 1.58 bits per heavy atom. The molecule has 0 aliphatic carbocycles. The van der Waals surface area contributed by atoms with Gasteiger partial charge in [0, 0.05) is 28.4 Å². The lowest BCUT2D eigenvalue weighted by molar-refractivity contribution is 0.0648. The van der Waals surface area contributed by atoms with Gasteiger partial charge in [-0.15, -0.1) is 0 Å². The summed E-state index contributed by atoms with van der Waals surface area (Å²) in [5.41, 5.74) is 0. The molecule has 0 aliphatic heterocycles. The van der Waals surface area contributed by atoms with Gasteiger partial charge >= 0.3 is 15.1 Å². The molecule has 1 N–H and O–H groups in total. The summed E-state index contributed by atoms with van der Waals surface area (Å²) in [7, 11) is 2.23. The van der Waals surface area contributed by atoms with Crippen molar-refractivity contribution in [1.82, 2.24) is 4.57 Å². The van der Waals surface area contributed by atoms with Gasteiger partial charge in [0.2, 0.25) is 0 Å². The number of carboxylic acid groups (broad SMARTS) is 1. The molecule has 0 saturated heterocycles. The zero-order valence-corrected chi connectivity index (χ0v) is 8.53. The van der Waals surface area contributed by atoms with E-state index in [-0.39, 0.29) is 0 Å². The van der Waals surface area contributed by atoms with Crippen molar-refractivity contribution in [3.8, 4) is 0 Å². The molecule has 0 radical (unpaired) electrons. The molecule has 12 heavy (non-hydrogen) atoms. The van der Waals surface area contributed by atoms with Gasteiger partial charge in [0.25, 0.3) is 0 Å². The molecule has 1 amide bonds. The van der Waals surface area contributed by atoms with Crippen molar-refractivity contribution in [1.29, 1.82) is 0 Å². The van der Waals surface area contributed by atoms with E-state index >= 15 is 0 Å². The number of hydrogen-bond donors (Lipinski definition) is 1. The number of hydrogen-bond acceptors (Lipinski definition) is 4. The summed E-state index contributed by atoms with van der Waals surface area (Å²) in [4.78, 5) is 10.5. The van der Waals surface area contributed by atoms with E-state index in [0.29, 0.717) is 0 Å². The van der Waals surface area contributed by atoms with Gasteiger partial charge in [0.1, 0.15) is 0 Å². The largest absolute Gasteiger partial charge is 0.637 e. The van der Waals surface area contributed by atoms with Crippen LogP contribution in [0.4, 0.5) is 4.79 Å².